The van der Waals surface area contributed by atoms with Crippen LogP contribution in [0.3, 0.4) is 0 Å². The summed E-state index contributed by atoms with van der Waals surface area (Å²) < 4.78 is 6.77. The molecule has 31 heavy (non-hydrogen) atoms. The zero-order valence-corrected chi connectivity index (χ0v) is 18.0. The molecule has 1 atom stereocenters. The Balaban J connectivity index is 1.71. The number of non-ortho nitro benzene ring substituents is 1. The zero-order valence-electron chi connectivity index (χ0n) is 17.2. The maximum atomic E-state index is 11.3. The van der Waals surface area contributed by atoms with Gasteiger partial charge in [-0.1, -0.05) is 55.8 Å². The van der Waals surface area contributed by atoms with Crippen molar-refractivity contribution in [3.05, 3.63) is 94.0 Å². The quantitative estimate of drug-likeness (QED) is 0.337. The molecule has 0 aromatic heterocycles. The number of thioether (sulfide) groups is 1. The minimum atomic E-state index is -0.761. The van der Waals surface area contributed by atoms with Gasteiger partial charge in [-0.15, -0.1) is 0 Å². The lowest BCUT2D eigenvalue weighted by Gasteiger charge is -2.43. The van der Waals surface area contributed by atoms with Gasteiger partial charge in [0.25, 0.3) is 10.7 Å². The van der Waals surface area contributed by atoms with Crippen LogP contribution in [0.1, 0.15) is 30.9 Å². The molecule has 0 fully saturated rings. The second-order valence-electron chi connectivity index (χ2n) is 7.66. The lowest BCUT2D eigenvalue weighted by atomic mass is 9.96. The van der Waals surface area contributed by atoms with Gasteiger partial charge in [0.2, 0.25) is 0 Å². The molecule has 0 N–H and O–H groups in total. The molecule has 2 aliphatic rings. The van der Waals surface area contributed by atoms with E-state index in [9.17, 15) is 10.1 Å². The van der Waals surface area contributed by atoms with Crippen molar-refractivity contribution in [1.29, 1.82) is 0 Å². The van der Waals surface area contributed by atoms with Crippen molar-refractivity contribution < 1.29 is 9.66 Å². The van der Waals surface area contributed by atoms with E-state index >= 15 is 0 Å². The summed E-state index contributed by atoms with van der Waals surface area (Å²) in [6.07, 6.45) is 4.17. The standard InChI is InChI=1S/C25H22N2O3S/c1-2-3-15-26-22-11-7-8-12-24(22)31-25(26)21(18-9-5-4-6-10-18)17-19-16-20(27(28)29)13-14-23(19)30-25/h4-14,16-17H,2-3,15H2,1H3. The van der Waals surface area contributed by atoms with E-state index in [-0.39, 0.29) is 10.6 Å². The summed E-state index contributed by atoms with van der Waals surface area (Å²) in [4.78, 5) is 14.5. The van der Waals surface area contributed by atoms with Crippen molar-refractivity contribution >= 4 is 34.8 Å². The molecule has 3 aromatic carbocycles. The van der Waals surface area contributed by atoms with Gasteiger partial charge < -0.3 is 9.64 Å². The molecule has 5 nitrogen and oxygen atoms in total. The van der Waals surface area contributed by atoms with Crippen LogP contribution in [-0.2, 0) is 0 Å². The maximum absolute atomic E-state index is 11.3. The summed E-state index contributed by atoms with van der Waals surface area (Å²) in [5.41, 5.74) is 3.99. The summed E-state index contributed by atoms with van der Waals surface area (Å²) in [6, 6.07) is 23.4. The average Bonchev–Trinajstić information content (AvgIpc) is 3.10. The van der Waals surface area contributed by atoms with Crippen LogP contribution in [-0.4, -0.2) is 16.5 Å². The Morgan fingerprint density at radius 1 is 1.06 bits per heavy atom. The number of rotatable bonds is 5. The highest BCUT2D eigenvalue weighted by atomic mass is 32.2. The molecule has 0 saturated heterocycles. The highest BCUT2D eigenvalue weighted by Gasteiger charge is 2.52. The van der Waals surface area contributed by atoms with Crippen LogP contribution in [0.2, 0.25) is 0 Å². The molecule has 156 valence electrons. The lowest BCUT2D eigenvalue weighted by molar-refractivity contribution is -0.384. The number of ether oxygens (including phenoxy) is 1. The molecule has 0 amide bonds. The molecular weight excluding hydrogens is 408 g/mol. The van der Waals surface area contributed by atoms with Crippen molar-refractivity contribution in [2.24, 2.45) is 0 Å². The molecule has 0 bridgehead atoms. The monoisotopic (exact) mass is 430 g/mol. The smallest absolute Gasteiger partial charge is 0.270 e. The van der Waals surface area contributed by atoms with Crippen LogP contribution >= 0.6 is 11.8 Å². The number of nitro groups is 1. The van der Waals surface area contributed by atoms with Crippen molar-refractivity contribution in [3.8, 4) is 5.75 Å². The van der Waals surface area contributed by atoms with E-state index in [0.29, 0.717) is 5.75 Å². The van der Waals surface area contributed by atoms with Gasteiger partial charge in [0.1, 0.15) is 5.75 Å². The maximum Gasteiger partial charge on any atom is 0.270 e. The van der Waals surface area contributed by atoms with Gasteiger partial charge in [-0.3, -0.25) is 10.1 Å². The lowest BCUT2D eigenvalue weighted by Crippen LogP contribution is -2.50. The number of benzene rings is 3. The number of fused-ring (bicyclic) bond motifs is 2. The predicted octanol–water partition coefficient (Wildman–Crippen LogP) is 6.59. The highest BCUT2D eigenvalue weighted by molar-refractivity contribution is 8.01. The Hall–Kier alpha value is -3.25. The van der Waals surface area contributed by atoms with Crippen molar-refractivity contribution in [1.82, 2.24) is 0 Å². The summed E-state index contributed by atoms with van der Waals surface area (Å²) in [5, 5.41) is 10.6. The molecule has 1 unspecified atom stereocenters. The van der Waals surface area contributed by atoms with E-state index in [1.807, 2.05) is 18.2 Å². The fourth-order valence-corrected chi connectivity index (χ4v) is 5.62. The van der Waals surface area contributed by atoms with Crippen molar-refractivity contribution in [2.75, 3.05) is 11.4 Å². The molecule has 2 heterocycles. The van der Waals surface area contributed by atoms with Gasteiger partial charge in [0.15, 0.2) is 0 Å². The van der Waals surface area contributed by atoms with E-state index in [1.54, 1.807) is 23.9 Å². The first-order valence-electron chi connectivity index (χ1n) is 10.4. The third-order valence-electron chi connectivity index (χ3n) is 5.67. The van der Waals surface area contributed by atoms with Gasteiger partial charge in [-0.05, 0) is 48.0 Å². The number of hydrogen-bond donors (Lipinski definition) is 0. The third-order valence-corrected chi connectivity index (χ3v) is 7.04. The zero-order chi connectivity index (χ0) is 21.4. The Bertz CT molecular complexity index is 1180. The van der Waals surface area contributed by atoms with E-state index in [1.165, 1.54) is 11.0 Å². The van der Waals surface area contributed by atoms with E-state index in [0.717, 1.165) is 41.8 Å². The van der Waals surface area contributed by atoms with Crippen LogP contribution in [0.4, 0.5) is 11.4 Å². The molecule has 6 heteroatoms. The first-order chi connectivity index (χ1) is 15.1. The number of unbranched alkanes of at least 4 members (excludes halogenated alkanes) is 1. The summed E-state index contributed by atoms with van der Waals surface area (Å²) in [5.74, 6) is 0.659. The molecule has 0 radical (unpaired) electrons. The fraction of sp³-hybridized carbons (Fsp3) is 0.200. The number of para-hydroxylation sites is 1. The van der Waals surface area contributed by atoms with Gasteiger partial charge in [-0.2, -0.15) is 0 Å². The number of hydrogen-bond acceptors (Lipinski definition) is 5. The van der Waals surface area contributed by atoms with Crippen LogP contribution < -0.4 is 9.64 Å². The number of nitro benzene ring substituents is 1. The number of anilines is 1. The summed E-state index contributed by atoms with van der Waals surface area (Å²) in [6.45, 7) is 3.04. The number of nitrogens with zero attached hydrogens (tertiary/aromatic N) is 2. The predicted molar refractivity (Wildman–Crippen MR) is 125 cm³/mol. The van der Waals surface area contributed by atoms with Crippen LogP contribution in [0.5, 0.6) is 5.75 Å². The Labute approximate surface area is 185 Å². The minimum Gasteiger partial charge on any atom is -0.453 e. The molecule has 2 aliphatic heterocycles. The van der Waals surface area contributed by atoms with E-state index in [4.69, 9.17) is 4.74 Å². The second-order valence-corrected chi connectivity index (χ2v) is 8.86. The topological polar surface area (TPSA) is 55.6 Å². The first kappa shape index (κ1) is 19.7. The molecule has 5 rings (SSSR count). The van der Waals surface area contributed by atoms with E-state index in [2.05, 4.69) is 54.3 Å². The van der Waals surface area contributed by atoms with Gasteiger partial charge >= 0.3 is 0 Å². The van der Waals surface area contributed by atoms with Gasteiger partial charge in [0.05, 0.1) is 10.6 Å². The van der Waals surface area contributed by atoms with Gasteiger partial charge in [0, 0.05) is 34.7 Å². The van der Waals surface area contributed by atoms with Crippen LogP contribution in [0.15, 0.2) is 77.7 Å². The summed E-state index contributed by atoms with van der Waals surface area (Å²) in [7, 11) is 0. The molecule has 0 aliphatic carbocycles. The highest BCUT2D eigenvalue weighted by Crippen LogP contribution is 2.59. The first-order valence-corrected chi connectivity index (χ1v) is 11.2. The second kappa shape index (κ2) is 7.78. The fourth-order valence-electron chi connectivity index (χ4n) is 4.18. The summed E-state index contributed by atoms with van der Waals surface area (Å²) >= 11 is 1.70. The SMILES string of the molecule is CCCCN1c2ccccc2SC12Oc1ccc([N+](=O)[O-])cc1C=C2c1ccccc1. The Kier molecular flexibility index (Phi) is 4.94. The molecule has 0 saturated carbocycles. The van der Waals surface area contributed by atoms with Crippen molar-refractivity contribution in [2.45, 2.75) is 29.7 Å². The Morgan fingerprint density at radius 2 is 1.84 bits per heavy atom. The molecule has 1 spiro atoms. The molecule has 3 aromatic rings. The third kappa shape index (κ3) is 3.27. The van der Waals surface area contributed by atoms with Crippen LogP contribution in [0, 0.1) is 10.1 Å². The molecular formula is C25H22N2O3S. The van der Waals surface area contributed by atoms with Crippen LogP contribution in [0.25, 0.3) is 11.6 Å². The largest absolute Gasteiger partial charge is 0.453 e. The van der Waals surface area contributed by atoms with Gasteiger partial charge in [-0.25, -0.2) is 0 Å². The minimum absolute atomic E-state index is 0.0622. The normalized spacial score (nSPS) is 18.9. The van der Waals surface area contributed by atoms with E-state index < -0.39 is 5.06 Å². The Morgan fingerprint density at radius 3 is 2.61 bits per heavy atom. The average molecular weight is 431 g/mol. The van der Waals surface area contributed by atoms with Crippen molar-refractivity contribution in [3.63, 3.8) is 0 Å².